The van der Waals surface area contributed by atoms with Crippen LogP contribution >= 0.6 is 0 Å². The Morgan fingerprint density at radius 1 is 0.386 bits per heavy atom. The summed E-state index contributed by atoms with van der Waals surface area (Å²) in [5, 5.41) is 2.61. The summed E-state index contributed by atoms with van der Waals surface area (Å²) in [4.78, 5) is 2.60. The molecule has 0 amide bonds. The molecular weight excluding hydrogens is 687 g/mol. The molecule has 0 heterocycles. The quantitative estimate of drug-likeness (QED) is 0.175. The smallest absolute Gasteiger partial charge is 0.0729 e. The molecule has 266 valence electrons. The van der Waals surface area contributed by atoms with Crippen LogP contribution in [-0.4, -0.2) is 0 Å². The maximum atomic E-state index is 2.60. The van der Waals surface area contributed by atoms with Gasteiger partial charge in [0, 0.05) is 17.9 Å². The molecule has 0 fully saturated rings. The van der Waals surface area contributed by atoms with Gasteiger partial charge in [0.2, 0.25) is 0 Å². The average Bonchev–Trinajstić information content (AvgIpc) is 4.00. The lowest BCUT2D eigenvalue weighted by Gasteiger charge is -2.34. The summed E-state index contributed by atoms with van der Waals surface area (Å²) in [6, 6.07) is 71.4. The number of nitrogens with zero attached hydrogens (tertiary/aromatic N) is 1. The third kappa shape index (κ3) is 4.18. The zero-order valence-electron chi connectivity index (χ0n) is 31.5. The Bertz CT molecular complexity index is 3090. The Kier molecular flexibility index (Phi) is 6.33. The molecule has 4 aliphatic rings. The van der Waals surface area contributed by atoms with Crippen molar-refractivity contribution in [3.05, 3.63) is 238 Å². The summed E-state index contributed by atoms with van der Waals surface area (Å²) in [6.07, 6.45) is 1.93. The largest absolute Gasteiger partial charge is 0.337 e. The molecular formula is C56H37N. The van der Waals surface area contributed by atoms with Crippen molar-refractivity contribution in [1.82, 2.24) is 0 Å². The van der Waals surface area contributed by atoms with Gasteiger partial charge in [0.1, 0.15) is 0 Å². The average molecular weight is 724 g/mol. The van der Waals surface area contributed by atoms with Crippen molar-refractivity contribution in [3.63, 3.8) is 0 Å². The van der Waals surface area contributed by atoms with Crippen LogP contribution < -0.4 is 4.90 Å². The van der Waals surface area contributed by atoms with Crippen LogP contribution in [0.15, 0.2) is 188 Å². The van der Waals surface area contributed by atoms with Crippen molar-refractivity contribution in [2.45, 2.75) is 24.8 Å². The van der Waals surface area contributed by atoms with Gasteiger partial charge in [-0.1, -0.05) is 164 Å². The van der Waals surface area contributed by atoms with E-state index in [2.05, 4.69) is 193 Å². The summed E-state index contributed by atoms with van der Waals surface area (Å²) < 4.78 is 0. The molecule has 1 heteroatoms. The van der Waals surface area contributed by atoms with E-state index in [1.54, 1.807) is 0 Å². The van der Waals surface area contributed by atoms with Gasteiger partial charge >= 0.3 is 0 Å². The van der Waals surface area contributed by atoms with Gasteiger partial charge in [-0.25, -0.2) is 0 Å². The first-order valence-corrected chi connectivity index (χ1v) is 20.3. The fourth-order valence-electron chi connectivity index (χ4n) is 11.3. The second-order valence-corrected chi connectivity index (χ2v) is 16.3. The zero-order chi connectivity index (χ0) is 37.2. The minimum Gasteiger partial charge on any atom is -0.337 e. The predicted molar refractivity (Wildman–Crippen MR) is 235 cm³/mol. The lowest BCUT2D eigenvalue weighted by Crippen LogP contribution is -2.29. The van der Waals surface area contributed by atoms with E-state index >= 15 is 0 Å². The normalized spacial score (nSPS) is 15.7. The highest BCUT2D eigenvalue weighted by Gasteiger charge is 2.53. The van der Waals surface area contributed by atoms with Gasteiger partial charge in [-0.05, 0) is 142 Å². The lowest BCUT2D eigenvalue weighted by molar-refractivity contribution is 0.773. The van der Waals surface area contributed by atoms with Gasteiger partial charge in [0.25, 0.3) is 0 Å². The highest BCUT2D eigenvalue weighted by Crippen LogP contribution is 2.64. The number of fused-ring (bicyclic) bond motifs is 18. The predicted octanol–water partition coefficient (Wildman–Crippen LogP) is 13.7. The number of benzene rings is 9. The Morgan fingerprint density at radius 3 is 1.63 bits per heavy atom. The summed E-state index contributed by atoms with van der Waals surface area (Å²) in [6.45, 7) is 0.738. The molecule has 57 heavy (non-hydrogen) atoms. The van der Waals surface area contributed by atoms with Crippen molar-refractivity contribution in [1.29, 1.82) is 0 Å². The summed E-state index contributed by atoms with van der Waals surface area (Å²) in [5.74, 6) is 0. The zero-order valence-corrected chi connectivity index (χ0v) is 31.5. The molecule has 0 saturated carbocycles. The van der Waals surface area contributed by atoms with E-state index in [1.165, 1.54) is 117 Å². The topological polar surface area (TPSA) is 3.24 Å². The fourth-order valence-corrected chi connectivity index (χ4v) is 11.3. The molecule has 9 aromatic rings. The maximum absolute atomic E-state index is 2.60. The van der Waals surface area contributed by atoms with E-state index in [0.29, 0.717) is 0 Å². The molecule has 4 aliphatic carbocycles. The number of anilines is 2. The van der Waals surface area contributed by atoms with Gasteiger partial charge < -0.3 is 4.90 Å². The molecule has 1 nitrogen and oxygen atoms in total. The second kappa shape index (κ2) is 11.5. The molecule has 0 radical (unpaired) electrons. The SMILES string of the molecule is c1ccc2c(c1)Cc1cc(N(Cc3cccc4c3C3(c5ccccc5-4)c4ccccc4-c4c3ccc3ccccc43)c3ccc4c(c3)Cc3ccccc3-4)ccc1-2. The van der Waals surface area contributed by atoms with E-state index in [4.69, 9.17) is 0 Å². The second-order valence-electron chi connectivity index (χ2n) is 16.3. The van der Waals surface area contributed by atoms with Gasteiger partial charge in [-0.15, -0.1) is 0 Å². The Labute approximate surface area is 333 Å². The van der Waals surface area contributed by atoms with Gasteiger partial charge in [0.05, 0.1) is 5.41 Å². The minimum atomic E-state index is -0.441. The Morgan fingerprint density at radius 2 is 0.930 bits per heavy atom. The molecule has 13 rings (SSSR count). The highest BCUT2D eigenvalue weighted by molar-refractivity contribution is 6.06. The summed E-state index contributed by atoms with van der Waals surface area (Å²) in [5.41, 5.74) is 25.4. The van der Waals surface area contributed by atoms with Crippen molar-refractivity contribution in [2.75, 3.05) is 4.90 Å². The number of rotatable bonds is 4. The molecule has 1 atom stereocenters. The number of hydrogen-bond donors (Lipinski definition) is 0. The van der Waals surface area contributed by atoms with Crippen LogP contribution in [0, 0.1) is 0 Å². The lowest BCUT2D eigenvalue weighted by atomic mass is 9.69. The van der Waals surface area contributed by atoms with Crippen LogP contribution in [0.3, 0.4) is 0 Å². The van der Waals surface area contributed by atoms with E-state index in [9.17, 15) is 0 Å². The summed E-state index contributed by atoms with van der Waals surface area (Å²) >= 11 is 0. The Balaban J connectivity index is 1.04. The number of hydrogen-bond acceptors (Lipinski definition) is 1. The van der Waals surface area contributed by atoms with Crippen LogP contribution in [0.1, 0.15) is 50.1 Å². The van der Waals surface area contributed by atoms with Crippen LogP contribution in [-0.2, 0) is 24.8 Å². The fraction of sp³-hybridized carbons (Fsp3) is 0.0714. The van der Waals surface area contributed by atoms with E-state index < -0.39 is 5.41 Å². The van der Waals surface area contributed by atoms with Crippen molar-refractivity contribution in [2.24, 2.45) is 0 Å². The first-order chi connectivity index (χ1) is 28.3. The van der Waals surface area contributed by atoms with Gasteiger partial charge in [0.15, 0.2) is 0 Å². The maximum Gasteiger partial charge on any atom is 0.0729 e. The van der Waals surface area contributed by atoms with Crippen molar-refractivity contribution < 1.29 is 0 Å². The van der Waals surface area contributed by atoms with Crippen LogP contribution in [0.4, 0.5) is 11.4 Å². The molecule has 0 aromatic heterocycles. The first kappa shape index (κ1) is 31.3. The third-order valence-electron chi connectivity index (χ3n) is 13.6. The minimum absolute atomic E-state index is 0.441. The molecule has 0 saturated heterocycles. The molecule has 9 aromatic carbocycles. The molecule has 1 spiro atoms. The molecule has 0 N–H and O–H groups in total. The molecule has 1 unspecified atom stereocenters. The van der Waals surface area contributed by atoms with Gasteiger partial charge in [-0.3, -0.25) is 0 Å². The highest BCUT2D eigenvalue weighted by atomic mass is 15.1. The van der Waals surface area contributed by atoms with E-state index in [-0.39, 0.29) is 0 Å². The standard InChI is InChI=1S/C56H37N/c1-6-18-47-35(12-1)24-29-53-54(47)50-20-8-10-23-52(50)56(53)51-22-9-7-19-48(51)49-21-11-15-38(55(49)56)34-57(41-25-27-45-39(32-41)30-36-13-2-4-16-43(36)45)42-26-28-46-40(33-42)31-37-14-3-5-17-44(37)46/h1-29,32-33H,30-31,34H2. The monoisotopic (exact) mass is 723 g/mol. The third-order valence-corrected chi connectivity index (χ3v) is 13.6. The van der Waals surface area contributed by atoms with E-state index in [0.717, 1.165) is 19.4 Å². The molecule has 0 bridgehead atoms. The van der Waals surface area contributed by atoms with Crippen LogP contribution in [0.2, 0.25) is 0 Å². The van der Waals surface area contributed by atoms with Crippen LogP contribution in [0.25, 0.3) is 55.3 Å². The molecule has 0 aliphatic heterocycles. The van der Waals surface area contributed by atoms with Gasteiger partial charge in [-0.2, -0.15) is 0 Å². The summed E-state index contributed by atoms with van der Waals surface area (Å²) in [7, 11) is 0. The Hall–Kier alpha value is -6.96. The van der Waals surface area contributed by atoms with E-state index in [1.807, 2.05) is 0 Å². The first-order valence-electron chi connectivity index (χ1n) is 20.3. The van der Waals surface area contributed by atoms with Crippen LogP contribution in [0.5, 0.6) is 0 Å². The van der Waals surface area contributed by atoms with Crippen molar-refractivity contribution >= 4 is 22.1 Å². The van der Waals surface area contributed by atoms with Crippen molar-refractivity contribution in [3.8, 4) is 44.5 Å².